The number of ether oxygens (including phenoxy) is 2. The number of aryl methyl sites for hydroxylation is 1. The van der Waals surface area contributed by atoms with Gasteiger partial charge in [-0.15, -0.1) is 0 Å². The molecule has 3 heteroatoms. The minimum atomic E-state index is 0.816. The summed E-state index contributed by atoms with van der Waals surface area (Å²) >= 11 is 0. The van der Waals surface area contributed by atoms with Crippen molar-refractivity contribution in [3.8, 4) is 11.5 Å². The van der Waals surface area contributed by atoms with Crippen LogP contribution in [0, 0.1) is 13.8 Å². The van der Waals surface area contributed by atoms with Gasteiger partial charge in [0.05, 0.1) is 14.2 Å². The van der Waals surface area contributed by atoms with Crippen LogP contribution in [0.4, 0.5) is 0 Å². The van der Waals surface area contributed by atoms with E-state index in [1.165, 1.54) is 16.7 Å². The van der Waals surface area contributed by atoms with Gasteiger partial charge in [0, 0.05) is 5.56 Å². The fourth-order valence-corrected chi connectivity index (χ4v) is 1.85. The maximum absolute atomic E-state index is 5.45. The van der Waals surface area contributed by atoms with Crippen molar-refractivity contribution in [1.82, 2.24) is 5.32 Å². The van der Waals surface area contributed by atoms with Crippen molar-refractivity contribution in [3.05, 3.63) is 22.8 Å². The molecule has 0 heterocycles. The van der Waals surface area contributed by atoms with Crippen LogP contribution in [0.5, 0.6) is 11.5 Å². The van der Waals surface area contributed by atoms with Crippen molar-refractivity contribution >= 4 is 0 Å². The zero-order valence-electron chi connectivity index (χ0n) is 10.8. The Morgan fingerprint density at radius 2 is 1.88 bits per heavy atom. The van der Waals surface area contributed by atoms with E-state index in [2.05, 4.69) is 19.2 Å². The molecule has 0 aliphatic carbocycles. The van der Waals surface area contributed by atoms with Crippen molar-refractivity contribution < 1.29 is 9.47 Å². The Kier molecular flexibility index (Phi) is 4.62. The van der Waals surface area contributed by atoms with Gasteiger partial charge in [-0.3, -0.25) is 0 Å². The number of likely N-dealkylation sites (N-methyl/N-ethyl adjacent to an activating group) is 1. The summed E-state index contributed by atoms with van der Waals surface area (Å²) in [6.07, 6.45) is 0.948. The number of hydrogen-bond donors (Lipinski definition) is 1. The molecule has 3 nitrogen and oxygen atoms in total. The topological polar surface area (TPSA) is 30.5 Å². The molecule has 16 heavy (non-hydrogen) atoms. The van der Waals surface area contributed by atoms with Crippen LogP contribution in [-0.2, 0) is 6.42 Å². The lowest BCUT2D eigenvalue weighted by Gasteiger charge is -2.17. The molecule has 1 aromatic carbocycles. The quantitative estimate of drug-likeness (QED) is 0.829. The lowest BCUT2D eigenvalue weighted by molar-refractivity contribution is 0.351. The van der Waals surface area contributed by atoms with E-state index in [9.17, 15) is 0 Å². The molecular weight excluding hydrogens is 202 g/mol. The first kappa shape index (κ1) is 12.8. The minimum absolute atomic E-state index is 0.816. The smallest absolute Gasteiger partial charge is 0.164 e. The standard InChI is InChI=1S/C13H21NO2/c1-9-8-12(15-4)13(16-5)11(10(9)2)6-7-14-3/h8,14H,6-7H2,1-5H3. The monoisotopic (exact) mass is 223 g/mol. The summed E-state index contributed by atoms with van der Waals surface area (Å²) < 4.78 is 10.8. The van der Waals surface area contributed by atoms with Crippen LogP contribution in [-0.4, -0.2) is 27.8 Å². The Hall–Kier alpha value is -1.22. The number of methoxy groups -OCH3 is 2. The van der Waals surface area contributed by atoms with E-state index in [0.29, 0.717) is 0 Å². The first-order chi connectivity index (χ1) is 7.65. The highest BCUT2D eigenvalue weighted by atomic mass is 16.5. The summed E-state index contributed by atoms with van der Waals surface area (Å²) in [5.74, 6) is 1.68. The van der Waals surface area contributed by atoms with E-state index in [4.69, 9.17) is 9.47 Å². The largest absolute Gasteiger partial charge is 0.493 e. The molecule has 90 valence electrons. The van der Waals surface area contributed by atoms with Crippen LogP contribution in [0.3, 0.4) is 0 Å². The van der Waals surface area contributed by atoms with Gasteiger partial charge in [0.25, 0.3) is 0 Å². The molecule has 0 bridgehead atoms. The molecule has 0 fully saturated rings. The predicted molar refractivity (Wildman–Crippen MR) is 66.7 cm³/mol. The number of benzene rings is 1. The molecule has 0 aliphatic rings. The third kappa shape index (κ3) is 2.47. The molecule has 0 aliphatic heterocycles. The Morgan fingerprint density at radius 3 is 2.38 bits per heavy atom. The summed E-state index contributed by atoms with van der Waals surface area (Å²) in [5.41, 5.74) is 3.75. The average Bonchev–Trinajstić information content (AvgIpc) is 2.30. The van der Waals surface area contributed by atoms with Gasteiger partial charge in [0.15, 0.2) is 11.5 Å². The molecular formula is C13H21NO2. The molecule has 0 amide bonds. The van der Waals surface area contributed by atoms with Gasteiger partial charge in [0.1, 0.15) is 0 Å². The maximum Gasteiger partial charge on any atom is 0.164 e. The van der Waals surface area contributed by atoms with Crippen LogP contribution < -0.4 is 14.8 Å². The fourth-order valence-electron chi connectivity index (χ4n) is 1.85. The SMILES string of the molecule is CNCCc1c(C)c(C)cc(OC)c1OC. The molecule has 0 spiro atoms. The Labute approximate surface area is 97.8 Å². The number of rotatable bonds is 5. The van der Waals surface area contributed by atoms with Crippen molar-refractivity contribution in [2.45, 2.75) is 20.3 Å². The van der Waals surface area contributed by atoms with Gasteiger partial charge in [0.2, 0.25) is 0 Å². The molecule has 0 saturated carbocycles. The average molecular weight is 223 g/mol. The predicted octanol–water partition coefficient (Wildman–Crippen LogP) is 2.08. The lowest BCUT2D eigenvalue weighted by Crippen LogP contribution is -2.12. The third-order valence-electron chi connectivity index (χ3n) is 2.94. The second kappa shape index (κ2) is 5.75. The summed E-state index contributed by atoms with van der Waals surface area (Å²) in [4.78, 5) is 0. The second-order valence-corrected chi connectivity index (χ2v) is 3.89. The van der Waals surface area contributed by atoms with Gasteiger partial charge < -0.3 is 14.8 Å². The zero-order chi connectivity index (χ0) is 12.1. The Balaban J connectivity index is 3.23. The van der Waals surface area contributed by atoms with Crippen LogP contribution in [0.15, 0.2) is 6.07 Å². The van der Waals surface area contributed by atoms with Crippen LogP contribution in [0.25, 0.3) is 0 Å². The molecule has 0 radical (unpaired) electrons. The van der Waals surface area contributed by atoms with Crippen LogP contribution >= 0.6 is 0 Å². The van der Waals surface area contributed by atoms with E-state index in [1.54, 1.807) is 14.2 Å². The van der Waals surface area contributed by atoms with Crippen molar-refractivity contribution in [1.29, 1.82) is 0 Å². The first-order valence-corrected chi connectivity index (χ1v) is 5.51. The zero-order valence-corrected chi connectivity index (χ0v) is 10.8. The van der Waals surface area contributed by atoms with Gasteiger partial charge in [-0.25, -0.2) is 0 Å². The van der Waals surface area contributed by atoms with Crippen LogP contribution in [0.1, 0.15) is 16.7 Å². The van der Waals surface area contributed by atoms with Crippen molar-refractivity contribution in [2.75, 3.05) is 27.8 Å². The molecule has 1 N–H and O–H groups in total. The van der Waals surface area contributed by atoms with E-state index >= 15 is 0 Å². The summed E-state index contributed by atoms with van der Waals surface area (Å²) in [6, 6.07) is 2.02. The van der Waals surface area contributed by atoms with Crippen molar-refractivity contribution in [3.63, 3.8) is 0 Å². The van der Waals surface area contributed by atoms with Crippen LogP contribution in [0.2, 0.25) is 0 Å². The van der Waals surface area contributed by atoms with E-state index < -0.39 is 0 Å². The highest BCUT2D eigenvalue weighted by molar-refractivity contribution is 5.54. The Bertz CT molecular complexity index is 361. The van der Waals surface area contributed by atoms with Gasteiger partial charge in [-0.05, 0) is 51.1 Å². The highest BCUT2D eigenvalue weighted by Gasteiger charge is 2.14. The first-order valence-electron chi connectivity index (χ1n) is 5.51. The lowest BCUT2D eigenvalue weighted by atomic mass is 9.99. The fraction of sp³-hybridized carbons (Fsp3) is 0.538. The summed E-state index contributed by atoms with van der Waals surface area (Å²) in [7, 11) is 5.32. The number of nitrogens with one attached hydrogen (secondary N) is 1. The third-order valence-corrected chi connectivity index (χ3v) is 2.94. The second-order valence-electron chi connectivity index (χ2n) is 3.89. The number of hydrogen-bond acceptors (Lipinski definition) is 3. The summed E-state index contributed by atoms with van der Waals surface area (Å²) in [5, 5.41) is 3.16. The maximum atomic E-state index is 5.45. The minimum Gasteiger partial charge on any atom is -0.493 e. The Morgan fingerprint density at radius 1 is 1.19 bits per heavy atom. The van der Waals surface area contributed by atoms with Gasteiger partial charge >= 0.3 is 0 Å². The normalized spacial score (nSPS) is 10.3. The molecule has 0 atom stereocenters. The molecule has 0 aromatic heterocycles. The molecule has 0 saturated heterocycles. The highest BCUT2D eigenvalue weighted by Crippen LogP contribution is 2.35. The van der Waals surface area contributed by atoms with Crippen molar-refractivity contribution in [2.24, 2.45) is 0 Å². The summed E-state index contributed by atoms with van der Waals surface area (Å²) in [6.45, 7) is 5.16. The van der Waals surface area contributed by atoms with E-state index in [-0.39, 0.29) is 0 Å². The van der Waals surface area contributed by atoms with Gasteiger partial charge in [-0.1, -0.05) is 0 Å². The molecule has 1 rings (SSSR count). The van der Waals surface area contributed by atoms with Gasteiger partial charge in [-0.2, -0.15) is 0 Å². The molecule has 1 aromatic rings. The molecule has 0 unspecified atom stereocenters. The van der Waals surface area contributed by atoms with E-state index in [1.807, 2.05) is 13.1 Å². The van der Waals surface area contributed by atoms with E-state index in [0.717, 1.165) is 24.5 Å².